The van der Waals surface area contributed by atoms with Crippen LogP contribution in [-0.4, -0.2) is 9.97 Å². The molecule has 8 aromatic carbocycles. The van der Waals surface area contributed by atoms with E-state index < -0.39 is 0 Å². The Balaban J connectivity index is 0.889. The molecule has 2 nitrogen and oxygen atoms in total. The van der Waals surface area contributed by atoms with Gasteiger partial charge in [-0.05, 0) is 153 Å². The van der Waals surface area contributed by atoms with Gasteiger partial charge in [-0.25, -0.2) is 9.97 Å². The first-order chi connectivity index (χ1) is 30.7. The Labute approximate surface area is 364 Å². The molecule has 14 rings (SSSR count). The molecule has 0 saturated heterocycles. The van der Waals surface area contributed by atoms with E-state index in [0.717, 1.165) is 57.6 Å². The van der Waals surface area contributed by atoms with Gasteiger partial charge in [0, 0.05) is 22.1 Å². The number of fused-ring (bicyclic) bond motifs is 4. The maximum Gasteiger partial charge on any atom is 0.160 e. The molecule has 5 aliphatic carbocycles. The first-order valence-electron chi connectivity index (χ1n) is 22.6. The lowest BCUT2D eigenvalue weighted by Crippen LogP contribution is -2.55. The molecule has 4 saturated carbocycles. The van der Waals surface area contributed by atoms with Crippen molar-refractivity contribution in [3.8, 4) is 78.4 Å². The van der Waals surface area contributed by atoms with Gasteiger partial charge in [0.25, 0.3) is 0 Å². The normalized spacial score (nSPS) is 21.6. The SMILES string of the molecule is c1ccc(-c2cccc(-c3cc(-c4ccc(-c5cccc(-c6cccc7c6-c6cc8ccccc8cc6C76C7CC8CC(C7)CC6C8)c5)cc4)nc(-c4ccccc4)n3)c2)cc1. The van der Waals surface area contributed by atoms with Gasteiger partial charge >= 0.3 is 0 Å². The molecule has 0 atom stereocenters. The summed E-state index contributed by atoms with van der Waals surface area (Å²) in [5.74, 6) is 4.02. The Kier molecular flexibility index (Phi) is 8.13. The predicted molar refractivity (Wildman–Crippen MR) is 255 cm³/mol. The lowest BCUT2D eigenvalue weighted by molar-refractivity contribution is -0.0398. The number of benzene rings is 8. The zero-order valence-corrected chi connectivity index (χ0v) is 34.7. The van der Waals surface area contributed by atoms with Crippen LogP contribution in [0, 0.1) is 23.7 Å². The number of rotatable bonds is 6. The first kappa shape index (κ1) is 35.8. The summed E-state index contributed by atoms with van der Waals surface area (Å²) in [6.45, 7) is 0. The van der Waals surface area contributed by atoms with Crippen molar-refractivity contribution >= 4 is 10.8 Å². The quantitative estimate of drug-likeness (QED) is 0.168. The smallest absolute Gasteiger partial charge is 0.160 e. The molecule has 0 unspecified atom stereocenters. The van der Waals surface area contributed by atoms with Crippen molar-refractivity contribution in [2.45, 2.75) is 37.5 Å². The highest BCUT2D eigenvalue weighted by molar-refractivity contribution is 5.99. The molecule has 0 aliphatic heterocycles. The third-order valence-electron chi connectivity index (χ3n) is 15.2. The second kappa shape index (κ2) is 14.1. The lowest BCUT2D eigenvalue weighted by Gasteiger charge is -2.61. The van der Waals surface area contributed by atoms with Crippen molar-refractivity contribution in [1.82, 2.24) is 9.97 Å². The molecule has 1 spiro atoms. The highest BCUT2D eigenvalue weighted by atomic mass is 14.9. The van der Waals surface area contributed by atoms with Gasteiger partial charge in [0.05, 0.1) is 11.4 Å². The Morgan fingerprint density at radius 2 is 0.855 bits per heavy atom. The van der Waals surface area contributed by atoms with Gasteiger partial charge in [0.2, 0.25) is 0 Å². The molecule has 0 amide bonds. The van der Waals surface area contributed by atoms with Gasteiger partial charge in [-0.15, -0.1) is 0 Å². The van der Waals surface area contributed by atoms with E-state index in [1.165, 1.54) is 87.4 Å². The molecule has 2 heteroatoms. The van der Waals surface area contributed by atoms with Gasteiger partial charge in [0.15, 0.2) is 5.82 Å². The summed E-state index contributed by atoms with van der Waals surface area (Å²) >= 11 is 0. The summed E-state index contributed by atoms with van der Waals surface area (Å²) in [4.78, 5) is 10.3. The van der Waals surface area contributed by atoms with E-state index in [9.17, 15) is 0 Å². The maximum absolute atomic E-state index is 5.16. The first-order valence-corrected chi connectivity index (χ1v) is 22.6. The Bertz CT molecular complexity index is 3150. The maximum atomic E-state index is 5.16. The second-order valence-corrected chi connectivity index (χ2v) is 18.6. The van der Waals surface area contributed by atoms with E-state index in [0.29, 0.717) is 0 Å². The van der Waals surface area contributed by atoms with Gasteiger partial charge in [-0.2, -0.15) is 0 Å². The zero-order chi connectivity index (χ0) is 40.8. The molecular formula is C60H46N2. The van der Waals surface area contributed by atoms with Crippen molar-refractivity contribution in [1.29, 1.82) is 0 Å². The van der Waals surface area contributed by atoms with E-state index >= 15 is 0 Å². The minimum absolute atomic E-state index is 0.123. The summed E-state index contributed by atoms with van der Waals surface area (Å²) < 4.78 is 0. The standard InChI is InChI=1S/C60H46N2/c1-3-12-40(13-4-1)45-19-10-21-49(34-45)57-37-56(61-59(62-57)43-14-5-2-6-15-43)42-26-24-41(25-27-42)44-18-9-20-48(33-44)52-22-11-23-54-58(52)53-35-46-16-7-8-17-47(46)36-55(53)60(54)50-29-38-28-39(31-50)32-51(60)30-38/h1-27,33-39,50-51H,28-32H2. The van der Waals surface area contributed by atoms with Gasteiger partial charge < -0.3 is 0 Å². The number of nitrogens with zero attached hydrogens (tertiary/aromatic N) is 2. The Morgan fingerprint density at radius 3 is 1.55 bits per heavy atom. The second-order valence-electron chi connectivity index (χ2n) is 18.6. The molecule has 4 fully saturated rings. The van der Waals surface area contributed by atoms with Crippen molar-refractivity contribution in [3.05, 3.63) is 205 Å². The third-order valence-corrected chi connectivity index (χ3v) is 15.2. The molecule has 5 aliphatic rings. The van der Waals surface area contributed by atoms with Gasteiger partial charge in [-0.3, -0.25) is 0 Å². The molecule has 0 N–H and O–H groups in total. The van der Waals surface area contributed by atoms with Gasteiger partial charge in [-0.1, -0.05) is 164 Å². The largest absolute Gasteiger partial charge is 0.228 e. The van der Waals surface area contributed by atoms with E-state index in [4.69, 9.17) is 9.97 Å². The molecule has 1 aromatic heterocycles. The predicted octanol–water partition coefficient (Wildman–Crippen LogP) is 15.4. The minimum Gasteiger partial charge on any atom is -0.228 e. The van der Waals surface area contributed by atoms with Crippen molar-refractivity contribution in [3.63, 3.8) is 0 Å². The molecule has 296 valence electrons. The summed E-state index contributed by atoms with van der Waals surface area (Å²) in [7, 11) is 0. The van der Waals surface area contributed by atoms with Crippen LogP contribution in [0.15, 0.2) is 194 Å². The Morgan fingerprint density at radius 1 is 0.339 bits per heavy atom. The topological polar surface area (TPSA) is 25.8 Å². The molecule has 62 heavy (non-hydrogen) atoms. The van der Waals surface area contributed by atoms with Crippen LogP contribution in [0.2, 0.25) is 0 Å². The third kappa shape index (κ3) is 5.62. The summed E-state index contributed by atoms with van der Waals surface area (Å²) in [5, 5.41) is 2.72. The van der Waals surface area contributed by atoms with Crippen molar-refractivity contribution in [2.24, 2.45) is 23.7 Å². The fourth-order valence-corrected chi connectivity index (χ4v) is 12.8. The van der Waals surface area contributed by atoms with Crippen LogP contribution in [-0.2, 0) is 5.41 Å². The van der Waals surface area contributed by atoms with Crippen LogP contribution in [0.4, 0.5) is 0 Å². The fourth-order valence-electron chi connectivity index (χ4n) is 12.8. The highest BCUT2D eigenvalue weighted by Gasteiger charge is 2.61. The highest BCUT2D eigenvalue weighted by Crippen LogP contribution is 2.70. The van der Waals surface area contributed by atoms with Crippen LogP contribution in [0.1, 0.15) is 43.2 Å². The fraction of sp³-hybridized carbons (Fsp3) is 0.167. The summed E-state index contributed by atoms with van der Waals surface area (Å²) in [6.07, 6.45) is 7.02. The number of aromatic nitrogens is 2. The number of hydrogen-bond acceptors (Lipinski definition) is 2. The van der Waals surface area contributed by atoms with Crippen LogP contribution in [0.5, 0.6) is 0 Å². The van der Waals surface area contributed by atoms with Crippen LogP contribution < -0.4 is 0 Å². The average Bonchev–Trinajstić information content (AvgIpc) is 3.62. The van der Waals surface area contributed by atoms with E-state index in [-0.39, 0.29) is 5.41 Å². The Hall–Kier alpha value is -6.90. The van der Waals surface area contributed by atoms with Gasteiger partial charge in [0.1, 0.15) is 0 Å². The molecule has 9 aromatic rings. The van der Waals surface area contributed by atoms with E-state index in [2.05, 4.69) is 188 Å². The average molecular weight is 795 g/mol. The van der Waals surface area contributed by atoms with E-state index in [1.807, 2.05) is 6.07 Å². The van der Waals surface area contributed by atoms with Crippen LogP contribution in [0.3, 0.4) is 0 Å². The number of hydrogen-bond donors (Lipinski definition) is 0. The van der Waals surface area contributed by atoms with Crippen LogP contribution >= 0.6 is 0 Å². The van der Waals surface area contributed by atoms with Crippen molar-refractivity contribution < 1.29 is 0 Å². The molecule has 4 bridgehead atoms. The van der Waals surface area contributed by atoms with Crippen molar-refractivity contribution in [2.75, 3.05) is 0 Å². The lowest BCUT2D eigenvalue weighted by atomic mass is 9.43. The zero-order valence-electron chi connectivity index (χ0n) is 34.7. The van der Waals surface area contributed by atoms with Crippen LogP contribution in [0.25, 0.3) is 89.2 Å². The molecule has 0 radical (unpaired) electrons. The van der Waals surface area contributed by atoms with E-state index in [1.54, 1.807) is 11.1 Å². The molecule has 1 heterocycles. The minimum atomic E-state index is 0.123. The molecular weight excluding hydrogens is 749 g/mol. The monoisotopic (exact) mass is 794 g/mol. The summed E-state index contributed by atoms with van der Waals surface area (Å²) in [6, 6.07) is 71.4. The summed E-state index contributed by atoms with van der Waals surface area (Å²) in [5.41, 5.74) is 18.7.